The summed E-state index contributed by atoms with van der Waals surface area (Å²) in [5.74, 6) is -2.07. The van der Waals surface area contributed by atoms with E-state index in [1.54, 1.807) is 0 Å². The van der Waals surface area contributed by atoms with Crippen LogP contribution in [0.15, 0.2) is 29.2 Å². The number of carbonyl (C=O) groups is 1. The number of Topliss-reactive ketones (excluding diaryl/α,β-unsaturated/α-hetero) is 1. The van der Waals surface area contributed by atoms with Crippen LogP contribution in [0.2, 0.25) is 0 Å². The predicted octanol–water partition coefficient (Wildman–Crippen LogP) is 0.526. The SMILES string of the molecule is O=C(Cc1ccc(S(=O)(=O)O)cc1)C(F)(F)S(=O)(=O)O. The van der Waals surface area contributed by atoms with E-state index in [0.717, 1.165) is 24.3 Å². The van der Waals surface area contributed by atoms with E-state index in [2.05, 4.69) is 0 Å². The van der Waals surface area contributed by atoms with Gasteiger partial charge in [0, 0.05) is 6.42 Å². The molecule has 0 fully saturated rings. The first-order chi connectivity index (χ1) is 8.85. The van der Waals surface area contributed by atoms with Gasteiger partial charge in [-0.1, -0.05) is 12.1 Å². The van der Waals surface area contributed by atoms with Crippen molar-refractivity contribution < 1.29 is 39.5 Å². The summed E-state index contributed by atoms with van der Waals surface area (Å²) in [5, 5.41) is -4.95. The highest BCUT2D eigenvalue weighted by Gasteiger charge is 2.51. The van der Waals surface area contributed by atoms with Crippen LogP contribution in [-0.4, -0.2) is 37.0 Å². The second-order valence-corrected chi connectivity index (χ2v) is 6.60. The molecule has 0 saturated heterocycles. The number of halogens is 2. The van der Waals surface area contributed by atoms with Crippen molar-refractivity contribution in [3.05, 3.63) is 29.8 Å². The Bertz CT molecular complexity index is 720. The van der Waals surface area contributed by atoms with Crippen molar-refractivity contribution in [3.8, 4) is 0 Å². The molecule has 20 heavy (non-hydrogen) atoms. The molecule has 0 bridgehead atoms. The van der Waals surface area contributed by atoms with Crippen molar-refractivity contribution in [2.75, 3.05) is 0 Å². The van der Waals surface area contributed by atoms with Gasteiger partial charge in [0.2, 0.25) is 5.78 Å². The van der Waals surface area contributed by atoms with E-state index in [-0.39, 0.29) is 5.56 Å². The van der Waals surface area contributed by atoms with E-state index in [9.17, 15) is 30.4 Å². The third-order valence-corrected chi connectivity index (χ3v) is 3.98. The second-order valence-electron chi connectivity index (χ2n) is 3.71. The van der Waals surface area contributed by atoms with Gasteiger partial charge >= 0.3 is 15.4 Å². The monoisotopic (exact) mass is 330 g/mol. The zero-order chi connectivity index (χ0) is 15.8. The molecule has 0 spiro atoms. The smallest absolute Gasteiger partial charge is 0.291 e. The summed E-state index contributed by atoms with van der Waals surface area (Å²) >= 11 is 0. The standard InChI is InChI=1S/C9H8F2O7S2/c10-9(11,20(16,17)18)8(12)5-6-1-3-7(4-2-6)19(13,14)15/h1-4H,5H2,(H,13,14,15)(H,16,17,18). The van der Waals surface area contributed by atoms with Crippen LogP contribution >= 0.6 is 0 Å². The van der Waals surface area contributed by atoms with Crippen LogP contribution in [0.4, 0.5) is 8.78 Å². The molecule has 112 valence electrons. The number of ketones is 1. The molecule has 2 N–H and O–H groups in total. The molecule has 0 amide bonds. The summed E-state index contributed by atoms with van der Waals surface area (Å²) in [6.45, 7) is 0. The van der Waals surface area contributed by atoms with Crippen LogP contribution in [0.3, 0.4) is 0 Å². The van der Waals surface area contributed by atoms with E-state index in [1.807, 2.05) is 0 Å². The Hall–Kier alpha value is -1.43. The number of benzene rings is 1. The Kier molecular flexibility index (Phi) is 4.29. The van der Waals surface area contributed by atoms with Crippen LogP contribution in [0.5, 0.6) is 0 Å². The molecular weight excluding hydrogens is 322 g/mol. The van der Waals surface area contributed by atoms with Gasteiger partial charge in [-0.25, -0.2) is 0 Å². The molecule has 0 aromatic heterocycles. The lowest BCUT2D eigenvalue weighted by Crippen LogP contribution is -2.38. The largest absolute Gasteiger partial charge is 0.427 e. The lowest BCUT2D eigenvalue weighted by molar-refractivity contribution is -0.133. The van der Waals surface area contributed by atoms with Gasteiger partial charge in [-0.05, 0) is 17.7 Å². The molecule has 0 radical (unpaired) electrons. The Balaban J connectivity index is 2.99. The lowest BCUT2D eigenvalue weighted by atomic mass is 10.1. The van der Waals surface area contributed by atoms with Crippen molar-refractivity contribution >= 4 is 26.0 Å². The maximum Gasteiger partial charge on any atom is 0.427 e. The summed E-state index contributed by atoms with van der Waals surface area (Å²) in [6.07, 6.45) is -1.04. The molecular formula is C9H8F2O7S2. The Morgan fingerprint density at radius 2 is 1.50 bits per heavy atom. The number of carbonyl (C=O) groups excluding carboxylic acids is 1. The fraction of sp³-hybridized carbons (Fsp3) is 0.222. The van der Waals surface area contributed by atoms with Gasteiger partial charge in [-0.15, -0.1) is 0 Å². The van der Waals surface area contributed by atoms with E-state index >= 15 is 0 Å². The van der Waals surface area contributed by atoms with Crippen molar-refractivity contribution in [1.82, 2.24) is 0 Å². The molecule has 0 aliphatic heterocycles. The fourth-order valence-electron chi connectivity index (χ4n) is 1.21. The second kappa shape index (κ2) is 5.16. The first kappa shape index (κ1) is 16.6. The topological polar surface area (TPSA) is 126 Å². The van der Waals surface area contributed by atoms with E-state index in [1.165, 1.54) is 0 Å². The average Bonchev–Trinajstić information content (AvgIpc) is 2.26. The highest BCUT2D eigenvalue weighted by molar-refractivity contribution is 7.87. The minimum atomic E-state index is -5.87. The van der Waals surface area contributed by atoms with Gasteiger partial charge in [0.15, 0.2) is 0 Å². The molecule has 0 saturated carbocycles. The number of rotatable bonds is 5. The molecule has 1 aromatic carbocycles. The van der Waals surface area contributed by atoms with Crippen LogP contribution in [-0.2, 0) is 31.5 Å². The zero-order valence-corrected chi connectivity index (χ0v) is 11.2. The maximum absolute atomic E-state index is 13.0. The van der Waals surface area contributed by atoms with Gasteiger partial charge in [0.1, 0.15) is 0 Å². The number of hydrogen-bond donors (Lipinski definition) is 2. The molecule has 0 heterocycles. The van der Waals surface area contributed by atoms with Gasteiger partial charge in [0.05, 0.1) is 4.90 Å². The number of hydrogen-bond acceptors (Lipinski definition) is 5. The van der Waals surface area contributed by atoms with Crippen molar-refractivity contribution in [2.45, 2.75) is 16.6 Å². The third kappa shape index (κ3) is 3.56. The van der Waals surface area contributed by atoms with E-state index in [0.29, 0.717) is 0 Å². The summed E-state index contributed by atoms with van der Waals surface area (Å²) in [4.78, 5) is 10.6. The normalized spacial score (nSPS) is 13.2. The maximum atomic E-state index is 13.0. The highest BCUT2D eigenvalue weighted by atomic mass is 32.2. The molecule has 11 heteroatoms. The van der Waals surface area contributed by atoms with Gasteiger partial charge < -0.3 is 0 Å². The first-order valence-corrected chi connectivity index (χ1v) is 7.68. The summed E-state index contributed by atoms with van der Waals surface area (Å²) in [7, 11) is -10.3. The zero-order valence-electron chi connectivity index (χ0n) is 9.52. The molecule has 1 aromatic rings. The molecule has 7 nitrogen and oxygen atoms in total. The van der Waals surface area contributed by atoms with Crippen LogP contribution in [0, 0.1) is 0 Å². The first-order valence-electron chi connectivity index (χ1n) is 4.80. The third-order valence-electron chi connectivity index (χ3n) is 2.23. The van der Waals surface area contributed by atoms with Crippen molar-refractivity contribution in [2.24, 2.45) is 0 Å². The van der Waals surface area contributed by atoms with Gasteiger partial charge in [-0.3, -0.25) is 13.9 Å². The minimum absolute atomic E-state index is 0.120. The predicted molar refractivity (Wildman–Crippen MR) is 61.5 cm³/mol. The van der Waals surface area contributed by atoms with Gasteiger partial charge in [-0.2, -0.15) is 25.6 Å². The van der Waals surface area contributed by atoms with Crippen LogP contribution in [0.1, 0.15) is 5.56 Å². The van der Waals surface area contributed by atoms with Crippen LogP contribution < -0.4 is 0 Å². The fourth-order valence-corrected chi connectivity index (χ4v) is 2.05. The van der Waals surface area contributed by atoms with Crippen molar-refractivity contribution in [1.29, 1.82) is 0 Å². The molecule has 0 aliphatic rings. The van der Waals surface area contributed by atoms with E-state index < -0.39 is 42.6 Å². The molecule has 0 aliphatic carbocycles. The van der Waals surface area contributed by atoms with Crippen molar-refractivity contribution in [3.63, 3.8) is 0 Å². The molecule has 0 atom stereocenters. The van der Waals surface area contributed by atoms with E-state index in [4.69, 9.17) is 9.11 Å². The summed E-state index contributed by atoms with van der Waals surface area (Å²) in [5.41, 5.74) is -0.120. The highest BCUT2D eigenvalue weighted by Crippen LogP contribution is 2.24. The molecule has 1 rings (SSSR count). The summed E-state index contributed by atoms with van der Waals surface area (Å²) < 4.78 is 84.9. The Labute approximate surface area is 112 Å². The lowest BCUT2D eigenvalue weighted by Gasteiger charge is -2.11. The molecule has 0 unspecified atom stereocenters. The Morgan fingerprint density at radius 3 is 1.85 bits per heavy atom. The average molecular weight is 330 g/mol. The quantitative estimate of drug-likeness (QED) is 0.754. The summed E-state index contributed by atoms with van der Waals surface area (Å²) in [6, 6.07) is 3.59. The Morgan fingerprint density at radius 1 is 1.05 bits per heavy atom. The minimum Gasteiger partial charge on any atom is -0.291 e. The number of alkyl halides is 2. The van der Waals surface area contributed by atoms with Crippen LogP contribution in [0.25, 0.3) is 0 Å². The van der Waals surface area contributed by atoms with Gasteiger partial charge in [0.25, 0.3) is 10.1 Å².